The number of carbonyl (C=O) groups is 2. The minimum atomic E-state index is -4.49. The number of alkyl halides is 3. The number of carbonyl (C=O) groups excluding carboxylic acids is 2. The van der Waals surface area contributed by atoms with Crippen LogP contribution >= 0.6 is 0 Å². The molecule has 2 amide bonds. The van der Waals surface area contributed by atoms with Crippen LogP contribution in [0.25, 0.3) is 22.2 Å². The molecule has 0 bridgehead atoms. The number of pyridine rings is 2. The number of rotatable bonds is 8. The first-order valence-corrected chi connectivity index (χ1v) is 10.4. The number of aromatic nitrogens is 3. The minimum Gasteiger partial charge on any atom is -0.372 e. The molecule has 3 rings (SSSR count). The van der Waals surface area contributed by atoms with Gasteiger partial charge in [0, 0.05) is 41.5 Å². The summed E-state index contributed by atoms with van der Waals surface area (Å²) in [6.45, 7) is 3.83. The maximum Gasteiger partial charge on any atom is 0.405 e. The molecule has 3 heterocycles. The molecule has 0 saturated carbocycles. The summed E-state index contributed by atoms with van der Waals surface area (Å²) in [5.41, 5.74) is 3.11. The number of aromatic amines is 1. The predicted octanol–water partition coefficient (Wildman–Crippen LogP) is 4.09. The van der Waals surface area contributed by atoms with Crippen LogP contribution in [0.3, 0.4) is 0 Å². The molecular weight excluding hydrogens is 437 g/mol. The van der Waals surface area contributed by atoms with E-state index in [-0.39, 0.29) is 11.8 Å². The second-order valence-corrected chi connectivity index (χ2v) is 7.89. The van der Waals surface area contributed by atoms with Crippen molar-refractivity contribution in [2.45, 2.75) is 39.4 Å². The van der Waals surface area contributed by atoms with Gasteiger partial charge in [0.1, 0.15) is 18.2 Å². The summed E-state index contributed by atoms with van der Waals surface area (Å²) in [4.78, 5) is 35.6. The first-order chi connectivity index (χ1) is 15.6. The topological polar surface area (TPSA) is 112 Å². The molecule has 8 nitrogen and oxygen atoms in total. The molecule has 176 valence electrons. The van der Waals surface area contributed by atoms with Gasteiger partial charge in [-0.3, -0.25) is 14.6 Å². The zero-order valence-corrected chi connectivity index (χ0v) is 18.4. The molecule has 11 heteroatoms. The molecule has 0 aliphatic heterocycles. The fraction of sp³-hybridized carbons (Fsp3) is 0.364. The van der Waals surface area contributed by atoms with E-state index >= 15 is 0 Å². The molecule has 0 spiro atoms. The van der Waals surface area contributed by atoms with Crippen molar-refractivity contribution in [2.24, 2.45) is 5.92 Å². The number of H-pyrrole nitrogens is 1. The third-order valence-corrected chi connectivity index (χ3v) is 4.92. The van der Waals surface area contributed by atoms with Gasteiger partial charge in [0.05, 0.1) is 17.6 Å². The second-order valence-electron chi connectivity index (χ2n) is 7.89. The second kappa shape index (κ2) is 9.88. The number of fused-ring (bicyclic) bond motifs is 1. The van der Waals surface area contributed by atoms with Crippen LogP contribution in [-0.4, -0.2) is 45.5 Å². The number of hydrogen-bond acceptors (Lipinski definition) is 5. The summed E-state index contributed by atoms with van der Waals surface area (Å²) < 4.78 is 37.5. The van der Waals surface area contributed by atoms with Crippen molar-refractivity contribution >= 4 is 34.2 Å². The first kappa shape index (κ1) is 24.0. The Morgan fingerprint density at radius 3 is 2.55 bits per heavy atom. The number of anilines is 2. The Morgan fingerprint density at radius 1 is 1.12 bits per heavy atom. The third-order valence-electron chi connectivity index (χ3n) is 4.92. The molecule has 33 heavy (non-hydrogen) atoms. The van der Waals surface area contributed by atoms with Crippen molar-refractivity contribution in [3.8, 4) is 11.1 Å². The summed E-state index contributed by atoms with van der Waals surface area (Å²) in [6, 6.07) is 2.66. The van der Waals surface area contributed by atoms with E-state index in [2.05, 4.69) is 25.6 Å². The van der Waals surface area contributed by atoms with E-state index < -0.39 is 24.7 Å². The number of halogens is 3. The zero-order valence-electron chi connectivity index (χ0n) is 18.4. The van der Waals surface area contributed by atoms with Crippen molar-refractivity contribution in [3.63, 3.8) is 0 Å². The van der Waals surface area contributed by atoms with Crippen LogP contribution < -0.4 is 16.0 Å². The molecule has 0 fully saturated rings. The van der Waals surface area contributed by atoms with Crippen molar-refractivity contribution in [1.29, 1.82) is 0 Å². The Balaban J connectivity index is 1.85. The van der Waals surface area contributed by atoms with Gasteiger partial charge in [0.2, 0.25) is 11.8 Å². The van der Waals surface area contributed by atoms with Crippen LogP contribution in [0.2, 0.25) is 0 Å². The van der Waals surface area contributed by atoms with Crippen LogP contribution in [-0.2, 0) is 9.59 Å². The van der Waals surface area contributed by atoms with Gasteiger partial charge in [0.25, 0.3) is 0 Å². The molecule has 0 aliphatic carbocycles. The molecule has 0 saturated heterocycles. The van der Waals surface area contributed by atoms with E-state index in [1.165, 1.54) is 6.20 Å². The van der Waals surface area contributed by atoms with Gasteiger partial charge in [-0.05, 0) is 18.1 Å². The van der Waals surface area contributed by atoms with E-state index in [9.17, 15) is 22.8 Å². The molecule has 4 N–H and O–H groups in total. The zero-order chi connectivity index (χ0) is 24.2. The predicted molar refractivity (Wildman–Crippen MR) is 120 cm³/mol. The standard InChI is InChI=1S/C22H25F3N6O2/c1-4-18(32)30-15-6-16-17(10-28-20(16)27-9-15)13-5-14(8-26-7-13)31-19(12(2)3)21(33)29-11-22(23,24)25/h5-10,12,19,31H,4,11H2,1-3H3,(H,27,28)(H,29,33)(H,30,32)/t19-/m0/s1. The van der Waals surface area contributed by atoms with Gasteiger partial charge in [-0.15, -0.1) is 0 Å². The summed E-state index contributed by atoms with van der Waals surface area (Å²) in [5.74, 6) is -1.16. The fourth-order valence-electron chi connectivity index (χ4n) is 3.24. The number of nitrogens with zero attached hydrogens (tertiary/aromatic N) is 2. The monoisotopic (exact) mass is 462 g/mol. The van der Waals surface area contributed by atoms with Gasteiger partial charge in [-0.1, -0.05) is 20.8 Å². The van der Waals surface area contributed by atoms with Crippen LogP contribution in [0.15, 0.2) is 36.9 Å². The quantitative estimate of drug-likeness (QED) is 0.403. The van der Waals surface area contributed by atoms with Gasteiger partial charge in [-0.25, -0.2) is 4.98 Å². The van der Waals surface area contributed by atoms with Crippen LogP contribution in [0.5, 0.6) is 0 Å². The normalized spacial score (nSPS) is 12.6. The smallest absolute Gasteiger partial charge is 0.372 e. The average molecular weight is 462 g/mol. The lowest BCUT2D eigenvalue weighted by molar-refractivity contribution is -0.139. The highest BCUT2D eigenvalue weighted by molar-refractivity contribution is 5.98. The summed E-state index contributed by atoms with van der Waals surface area (Å²) >= 11 is 0. The van der Waals surface area contributed by atoms with Crippen LogP contribution in [0, 0.1) is 5.92 Å². The largest absolute Gasteiger partial charge is 0.405 e. The van der Waals surface area contributed by atoms with Crippen molar-refractivity contribution < 1.29 is 22.8 Å². The van der Waals surface area contributed by atoms with Gasteiger partial charge < -0.3 is 20.9 Å². The van der Waals surface area contributed by atoms with E-state index in [1.54, 1.807) is 51.5 Å². The molecule has 3 aromatic rings. The molecular formula is C22H25F3N6O2. The third kappa shape index (κ3) is 6.21. The van der Waals surface area contributed by atoms with Gasteiger partial charge in [-0.2, -0.15) is 13.2 Å². The van der Waals surface area contributed by atoms with E-state index in [0.29, 0.717) is 29.0 Å². The average Bonchev–Trinajstić information content (AvgIpc) is 3.18. The van der Waals surface area contributed by atoms with E-state index in [1.807, 2.05) is 5.32 Å². The molecule has 0 aliphatic rings. The molecule has 0 aromatic carbocycles. The lowest BCUT2D eigenvalue weighted by atomic mass is 10.0. The SMILES string of the molecule is CCC(=O)Nc1cnc2[nH]cc(-c3cncc(N[C@H](C(=O)NCC(F)(F)F)C(C)C)c3)c2c1. The first-order valence-electron chi connectivity index (χ1n) is 10.4. The molecule has 0 unspecified atom stereocenters. The van der Waals surface area contributed by atoms with E-state index in [4.69, 9.17) is 0 Å². The Kier molecular flexibility index (Phi) is 7.19. The highest BCUT2D eigenvalue weighted by atomic mass is 19.4. The lowest BCUT2D eigenvalue weighted by Gasteiger charge is -2.23. The minimum absolute atomic E-state index is 0.135. The maximum atomic E-state index is 12.5. The molecule has 3 aromatic heterocycles. The number of hydrogen-bond donors (Lipinski definition) is 4. The number of amides is 2. The molecule has 0 radical (unpaired) electrons. The number of nitrogens with one attached hydrogen (secondary N) is 4. The summed E-state index contributed by atoms with van der Waals surface area (Å²) in [7, 11) is 0. The maximum absolute atomic E-state index is 12.5. The van der Waals surface area contributed by atoms with Crippen molar-refractivity contribution in [3.05, 3.63) is 36.9 Å². The molecule has 1 atom stereocenters. The Labute approximate surface area is 188 Å². The van der Waals surface area contributed by atoms with Gasteiger partial charge >= 0.3 is 6.18 Å². The van der Waals surface area contributed by atoms with Crippen LogP contribution in [0.1, 0.15) is 27.2 Å². The lowest BCUT2D eigenvalue weighted by Crippen LogP contribution is -2.46. The highest BCUT2D eigenvalue weighted by Gasteiger charge is 2.30. The fourth-order valence-corrected chi connectivity index (χ4v) is 3.24. The Hall–Kier alpha value is -3.63. The summed E-state index contributed by atoms with van der Waals surface area (Å²) in [6.07, 6.45) is 2.27. The Bertz CT molecular complexity index is 1140. The Morgan fingerprint density at radius 2 is 1.88 bits per heavy atom. The van der Waals surface area contributed by atoms with Crippen molar-refractivity contribution in [2.75, 3.05) is 17.2 Å². The van der Waals surface area contributed by atoms with E-state index in [0.717, 1.165) is 10.9 Å². The summed E-state index contributed by atoms with van der Waals surface area (Å²) in [5, 5.41) is 8.43. The van der Waals surface area contributed by atoms with Crippen molar-refractivity contribution in [1.82, 2.24) is 20.3 Å². The van der Waals surface area contributed by atoms with Gasteiger partial charge in [0.15, 0.2) is 0 Å². The van der Waals surface area contributed by atoms with Crippen LogP contribution in [0.4, 0.5) is 24.5 Å². The highest BCUT2D eigenvalue weighted by Crippen LogP contribution is 2.30.